The van der Waals surface area contributed by atoms with Crippen LogP contribution in [0, 0.1) is 0 Å². The molecule has 0 bridgehead atoms. The maximum absolute atomic E-state index is 12.4. The van der Waals surface area contributed by atoms with E-state index < -0.39 is 0 Å². The zero-order valence-electron chi connectivity index (χ0n) is 14.3. The molecule has 1 aliphatic carbocycles. The molecule has 0 N–H and O–H groups in total. The summed E-state index contributed by atoms with van der Waals surface area (Å²) in [7, 11) is 0. The van der Waals surface area contributed by atoms with E-state index in [2.05, 4.69) is 53.7 Å². The topological polar surface area (TPSA) is 34.1 Å². The normalized spacial score (nSPS) is 16.0. The highest BCUT2D eigenvalue weighted by molar-refractivity contribution is 6.34. The largest absolute Gasteiger partial charge is 0.290 e. The number of allylic oxidation sites excluding steroid dienone is 4. The Morgan fingerprint density at radius 1 is 0.773 bits per heavy atom. The Labute approximate surface area is 132 Å². The summed E-state index contributed by atoms with van der Waals surface area (Å²) in [6.45, 7) is 12.8. The lowest BCUT2D eigenvalue weighted by molar-refractivity contribution is -0.113. The van der Waals surface area contributed by atoms with Gasteiger partial charge < -0.3 is 0 Å². The van der Waals surface area contributed by atoms with Crippen molar-refractivity contribution < 1.29 is 9.59 Å². The molecule has 0 aromatic heterocycles. The molecule has 116 valence electrons. The third-order valence-electron chi connectivity index (χ3n) is 3.90. The van der Waals surface area contributed by atoms with Gasteiger partial charge in [-0.25, -0.2) is 0 Å². The fraction of sp³-hybridized carbons (Fsp3) is 0.400. The second kappa shape index (κ2) is 5.35. The molecule has 0 atom stereocenters. The van der Waals surface area contributed by atoms with Gasteiger partial charge in [0.2, 0.25) is 0 Å². The molecule has 1 aromatic carbocycles. The van der Waals surface area contributed by atoms with E-state index >= 15 is 0 Å². The average Bonchev–Trinajstić information content (AvgIpc) is 2.38. The van der Waals surface area contributed by atoms with Crippen molar-refractivity contribution in [2.75, 3.05) is 0 Å². The number of ketones is 2. The van der Waals surface area contributed by atoms with Crippen LogP contribution in [0.15, 0.2) is 36.4 Å². The number of carbonyl (C=O) groups excluding carboxylic acids is 2. The number of rotatable bonds is 1. The van der Waals surface area contributed by atoms with E-state index in [1.165, 1.54) is 18.2 Å². The third kappa shape index (κ3) is 3.11. The Bertz CT molecular complexity index is 657. The Balaban J connectivity index is 2.82. The van der Waals surface area contributed by atoms with Gasteiger partial charge in [0.15, 0.2) is 11.6 Å². The van der Waals surface area contributed by atoms with Gasteiger partial charge in [-0.15, -0.1) is 0 Å². The standard InChI is InChI=1S/C20H24O2/c1-19(2,3)15-8-7-9-16(20(4,5)6)18(15)14-12-13(21)10-11-17(14)22/h7-12H,1-6H3. The Morgan fingerprint density at radius 2 is 1.27 bits per heavy atom. The quantitative estimate of drug-likeness (QED) is 0.721. The molecule has 0 heterocycles. The minimum atomic E-state index is -0.127. The van der Waals surface area contributed by atoms with Crippen LogP contribution >= 0.6 is 0 Å². The SMILES string of the molecule is CC(C)(C)c1cccc(C(C)(C)C)c1C1=CC(=O)C=CC1=O. The molecule has 0 amide bonds. The summed E-state index contributed by atoms with van der Waals surface area (Å²) in [4.78, 5) is 24.2. The van der Waals surface area contributed by atoms with Crippen molar-refractivity contribution in [2.24, 2.45) is 0 Å². The van der Waals surface area contributed by atoms with E-state index in [4.69, 9.17) is 0 Å². The van der Waals surface area contributed by atoms with Crippen LogP contribution in [0.25, 0.3) is 5.57 Å². The molecule has 0 spiro atoms. The van der Waals surface area contributed by atoms with Gasteiger partial charge in [-0.05, 0) is 45.7 Å². The molecular formula is C20H24O2. The lowest BCUT2D eigenvalue weighted by atomic mass is 9.73. The summed E-state index contributed by atoms with van der Waals surface area (Å²) in [5.41, 5.74) is 3.42. The summed E-state index contributed by atoms with van der Waals surface area (Å²) in [5.74, 6) is -0.222. The van der Waals surface area contributed by atoms with Crippen LogP contribution in [-0.4, -0.2) is 11.6 Å². The molecule has 0 radical (unpaired) electrons. The van der Waals surface area contributed by atoms with Gasteiger partial charge in [-0.1, -0.05) is 59.7 Å². The summed E-state index contributed by atoms with van der Waals surface area (Å²) < 4.78 is 0. The first-order valence-corrected chi connectivity index (χ1v) is 7.64. The Hall–Kier alpha value is -1.96. The zero-order valence-corrected chi connectivity index (χ0v) is 14.3. The predicted octanol–water partition coefficient (Wildman–Crippen LogP) is 4.37. The van der Waals surface area contributed by atoms with Gasteiger partial charge in [0.05, 0.1) is 0 Å². The monoisotopic (exact) mass is 296 g/mol. The van der Waals surface area contributed by atoms with Crippen LogP contribution in [0.5, 0.6) is 0 Å². The molecule has 0 fully saturated rings. The smallest absolute Gasteiger partial charge is 0.186 e. The number of hydrogen-bond donors (Lipinski definition) is 0. The summed E-state index contributed by atoms with van der Waals surface area (Å²) in [6.07, 6.45) is 4.19. The Morgan fingerprint density at radius 3 is 1.73 bits per heavy atom. The van der Waals surface area contributed by atoms with Gasteiger partial charge in [0.1, 0.15) is 0 Å². The molecule has 0 aliphatic heterocycles. The summed E-state index contributed by atoms with van der Waals surface area (Å²) in [5, 5.41) is 0. The third-order valence-corrected chi connectivity index (χ3v) is 3.90. The van der Waals surface area contributed by atoms with Crippen molar-refractivity contribution in [3.63, 3.8) is 0 Å². The molecule has 2 rings (SSSR count). The maximum atomic E-state index is 12.4. The predicted molar refractivity (Wildman–Crippen MR) is 91.0 cm³/mol. The highest BCUT2D eigenvalue weighted by atomic mass is 16.1. The minimum Gasteiger partial charge on any atom is -0.290 e. The van der Waals surface area contributed by atoms with E-state index in [1.807, 2.05) is 6.07 Å². The van der Waals surface area contributed by atoms with Crippen LogP contribution in [0.4, 0.5) is 0 Å². The van der Waals surface area contributed by atoms with Crippen LogP contribution in [-0.2, 0) is 20.4 Å². The van der Waals surface area contributed by atoms with Crippen LogP contribution in [0.2, 0.25) is 0 Å². The fourth-order valence-electron chi connectivity index (χ4n) is 2.80. The van der Waals surface area contributed by atoms with Gasteiger partial charge in [-0.3, -0.25) is 9.59 Å². The molecule has 0 saturated heterocycles. The molecule has 0 unspecified atom stereocenters. The highest BCUT2D eigenvalue weighted by Gasteiger charge is 2.29. The van der Waals surface area contributed by atoms with Gasteiger partial charge in [-0.2, -0.15) is 0 Å². The molecule has 2 nitrogen and oxygen atoms in total. The zero-order chi connectivity index (χ0) is 16.7. The van der Waals surface area contributed by atoms with Crippen LogP contribution < -0.4 is 0 Å². The van der Waals surface area contributed by atoms with E-state index in [0.717, 1.165) is 16.7 Å². The number of benzene rings is 1. The molecule has 2 heteroatoms. The highest BCUT2D eigenvalue weighted by Crippen LogP contribution is 2.38. The molecule has 1 aliphatic rings. The lowest BCUT2D eigenvalue weighted by Gasteiger charge is -2.31. The summed E-state index contributed by atoms with van der Waals surface area (Å²) in [6, 6.07) is 6.15. The first-order chi connectivity index (χ1) is 10.0. The van der Waals surface area contributed by atoms with Crippen LogP contribution in [0.3, 0.4) is 0 Å². The van der Waals surface area contributed by atoms with Crippen LogP contribution in [0.1, 0.15) is 58.2 Å². The van der Waals surface area contributed by atoms with E-state index in [9.17, 15) is 9.59 Å². The molecule has 1 aromatic rings. The number of carbonyl (C=O) groups is 2. The molecule has 22 heavy (non-hydrogen) atoms. The van der Waals surface area contributed by atoms with E-state index in [-0.39, 0.29) is 22.4 Å². The van der Waals surface area contributed by atoms with Crippen molar-refractivity contribution in [3.05, 3.63) is 53.1 Å². The van der Waals surface area contributed by atoms with Crippen molar-refractivity contribution >= 4 is 17.1 Å². The summed E-state index contributed by atoms with van der Waals surface area (Å²) >= 11 is 0. The molecular weight excluding hydrogens is 272 g/mol. The first-order valence-electron chi connectivity index (χ1n) is 7.64. The van der Waals surface area contributed by atoms with Gasteiger partial charge in [0, 0.05) is 5.57 Å². The van der Waals surface area contributed by atoms with Crippen molar-refractivity contribution in [1.82, 2.24) is 0 Å². The first kappa shape index (κ1) is 16.4. The van der Waals surface area contributed by atoms with E-state index in [0.29, 0.717) is 5.57 Å². The van der Waals surface area contributed by atoms with E-state index in [1.54, 1.807) is 0 Å². The molecule has 0 saturated carbocycles. The maximum Gasteiger partial charge on any atom is 0.186 e. The lowest BCUT2D eigenvalue weighted by Crippen LogP contribution is -2.23. The van der Waals surface area contributed by atoms with Crippen molar-refractivity contribution in [2.45, 2.75) is 52.4 Å². The van der Waals surface area contributed by atoms with Gasteiger partial charge >= 0.3 is 0 Å². The number of hydrogen-bond acceptors (Lipinski definition) is 2. The van der Waals surface area contributed by atoms with Crippen molar-refractivity contribution in [3.8, 4) is 0 Å². The second-order valence-corrected chi connectivity index (χ2v) is 7.89. The Kier molecular flexibility index (Phi) is 3.99. The average molecular weight is 296 g/mol. The van der Waals surface area contributed by atoms with Gasteiger partial charge in [0.25, 0.3) is 0 Å². The fourth-order valence-corrected chi connectivity index (χ4v) is 2.80. The minimum absolute atomic E-state index is 0.0956. The van der Waals surface area contributed by atoms with Crippen molar-refractivity contribution in [1.29, 1.82) is 0 Å². The second-order valence-electron chi connectivity index (χ2n) is 7.89.